The zero-order valence-corrected chi connectivity index (χ0v) is 23.5. The zero-order valence-electron chi connectivity index (χ0n) is 23.5. The molecule has 0 saturated carbocycles. The van der Waals surface area contributed by atoms with Gasteiger partial charge in [0.15, 0.2) is 0 Å². The molecule has 8 heteroatoms. The molecule has 8 nitrogen and oxygen atoms in total. The predicted molar refractivity (Wildman–Crippen MR) is 150 cm³/mol. The average Bonchev–Trinajstić information content (AvgIpc) is 3.32. The van der Waals surface area contributed by atoms with Crippen molar-refractivity contribution in [3.63, 3.8) is 0 Å². The molecule has 2 aromatic carbocycles. The van der Waals surface area contributed by atoms with E-state index < -0.39 is 35.1 Å². The van der Waals surface area contributed by atoms with Gasteiger partial charge in [-0.15, -0.1) is 0 Å². The number of carbonyl (C=O) groups is 3. The van der Waals surface area contributed by atoms with E-state index in [-0.39, 0.29) is 25.5 Å². The van der Waals surface area contributed by atoms with Gasteiger partial charge < -0.3 is 25.4 Å². The minimum atomic E-state index is -0.919. The monoisotopic (exact) mass is 535 g/mol. The van der Waals surface area contributed by atoms with E-state index in [1.807, 2.05) is 39.0 Å². The largest absolute Gasteiger partial charge is 0.450 e. The van der Waals surface area contributed by atoms with Gasteiger partial charge in [0.2, 0.25) is 11.8 Å². The van der Waals surface area contributed by atoms with Crippen molar-refractivity contribution in [2.45, 2.75) is 77.0 Å². The number of ether oxygens (including phenoxy) is 2. The maximum atomic E-state index is 13.9. The lowest BCUT2D eigenvalue weighted by molar-refractivity contribution is -0.141. The van der Waals surface area contributed by atoms with Crippen molar-refractivity contribution in [2.24, 2.45) is 11.1 Å². The van der Waals surface area contributed by atoms with Crippen LogP contribution in [0.25, 0.3) is 11.1 Å². The highest BCUT2D eigenvalue weighted by atomic mass is 16.5. The second kappa shape index (κ2) is 11.8. The second-order valence-corrected chi connectivity index (χ2v) is 11.8. The van der Waals surface area contributed by atoms with E-state index in [4.69, 9.17) is 15.2 Å². The quantitative estimate of drug-likeness (QED) is 0.587. The van der Waals surface area contributed by atoms with Crippen molar-refractivity contribution in [3.05, 3.63) is 59.7 Å². The summed E-state index contributed by atoms with van der Waals surface area (Å²) in [7, 11) is 1.59. The number of nitrogens with one attached hydrogen (secondary N) is 1. The number of nitrogens with zero attached hydrogens (tertiary/aromatic N) is 1. The molecular formula is C31H41N3O5. The molecule has 0 radical (unpaired) electrons. The number of alkyl carbamates (subject to hydrolysis) is 1. The summed E-state index contributed by atoms with van der Waals surface area (Å²) in [6.45, 7) is 6.01. The molecule has 3 amide bonds. The number of fused-ring (bicyclic) bond motifs is 12. The Hall–Kier alpha value is -3.39. The van der Waals surface area contributed by atoms with E-state index in [9.17, 15) is 14.4 Å². The summed E-state index contributed by atoms with van der Waals surface area (Å²) in [5.74, 6) is -0.997. The Kier molecular flexibility index (Phi) is 8.64. The molecule has 210 valence electrons. The molecule has 5 rings (SSSR count). The lowest BCUT2D eigenvalue weighted by Gasteiger charge is -2.35. The highest BCUT2D eigenvalue weighted by molar-refractivity contribution is 5.92. The first kappa shape index (κ1) is 28.6. The SMILES string of the molecule is CO[C@@]12C[C@@H](C(N)=O)N(C1)C(=O)[C@H](C(C)(C)C)NC(=O)OCCCCCCc1ccccc1-c1ccc2cc1. The van der Waals surface area contributed by atoms with Crippen LogP contribution < -0.4 is 11.1 Å². The fraction of sp³-hybridized carbons (Fsp3) is 0.516. The van der Waals surface area contributed by atoms with Gasteiger partial charge in [0.25, 0.3) is 0 Å². The maximum absolute atomic E-state index is 13.9. The Morgan fingerprint density at radius 3 is 2.41 bits per heavy atom. The number of benzene rings is 2. The van der Waals surface area contributed by atoms with Crippen LogP contribution in [0.4, 0.5) is 4.79 Å². The maximum Gasteiger partial charge on any atom is 0.407 e. The third kappa shape index (κ3) is 6.27. The third-order valence-electron chi connectivity index (χ3n) is 8.02. The number of nitrogens with two attached hydrogens (primary N) is 1. The van der Waals surface area contributed by atoms with Crippen LogP contribution in [0.15, 0.2) is 48.5 Å². The fourth-order valence-corrected chi connectivity index (χ4v) is 5.72. The molecule has 3 N–H and O–H groups in total. The van der Waals surface area contributed by atoms with Crippen molar-refractivity contribution in [1.82, 2.24) is 10.2 Å². The Labute approximate surface area is 231 Å². The Morgan fingerprint density at radius 2 is 1.74 bits per heavy atom. The minimum Gasteiger partial charge on any atom is -0.450 e. The third-order valence-corrected chi connectivity index (χ3v) is 8.02. The van der Waals surface area contributed by atoms with Crippen LogP contribution in [0.1, 0.15) is 64.0 Å². The van der Waals surface area contributed by atoms with Gasteiger partial charge in [0, 0.05) is 13.5 Å². The van der Waals surface area contributed by atoms with E-state index in [0.29, 0.717) is 0 Å². The van der Waals surface area contributed by atoms with Crippen molar-refractivity contribution in [3.8, 4) is 11.1 Å². The van der Waals surface area contributed by atoms with E-state index >= 15 is 0 Å². The summed E-state index contributed by atoms with van der Waals surface area (Å²) >= 11 is 0. The van der Waals surface area contributed by atoms with Gasteiger partial charge >= 0.3 is 6.09 Å². The van der Waals surface area contributed by atoms with Gasteiger partial charge in [-0.1, -0.05) is 82.1 Å². The van der Waals surface area contributed by atoms with E-state index in [2.05, 4.69) is 35.6 Å². The number of primary amides is 1. The van der Waals surface area contributed by atoms with Gasteiger partial charge in [-0.05, 0) is 46.9 Å². The summed E-state index contributed by atoms with van der Waals surface area (Å²) in [5, 5.41) is 2.76. The Bertz CT molecular complexity index is 1190. The van der Waals surface area contributed by atoms with Crippen LogP contribution >= 0.6 is 0 Å². The van der Waals surface area contributed by atoms with Crippen LogP contribution in [-0.4, -0.2) is 55.2 Å². The average molecular weight is 536 g/mol. The smallest absolute Gasteiger partial charge is 0.407 e. The normalized spacial score (nSPS) is 25.0. The highest BCUT2D eigenvalue weighted by Crippen LogP contribution is 2.41. The summed E-state index contributed by atoms with van der Waals surface area (Å²) < 4.78 is 11.5. The van der Waals surface area contributed by atoms with E-state index in [1.165, 1.54) is 16.0 Å². The molecule has 39 heavy (non-hydrogen) atoms. The van der Waals surface area contributed by atoms with Gasteiger partial charge in [0.1, 0.15) is 17.7 Å². The molecule has 3 aliphatic rings. The van der Waals surface area contributed by atoms with Crippen LogP contribution in [0.2, 0.25) is 0 Å². The summed E-state index contributed by atoms with van der Waals surface area (Å²) in [6.07, 6.45) is 4.30. The molecule has 1 fully saturated rings. The molecule has 0 spiro atoms. The predicted octanol–water partition coefficient (Wildman–Crippen LogP) is 4.54. The molecule has 3 aliphatic heterocycles. The highest BCUT2D eigenvalue weighted by Gasteiger charge is 2.52. The first-order chi connectivity index (χ1) is 18.6. The van der Waals surface area contributed by atoms with Gasteiger partial charge in [-0.3, -0.25) is 9.59 Å². The fourth-order valence-electron chi connectivity index (χ4n) is 5.72. The first-order valence-electron chi connectivity index (χ1n) is 13.8. The first-order valence-corrected chi connectivity index (χ1v) is 13.8. The Balaban J connectivity index is 1.74. The molecule has 1 saturated heterocycles. The molecule has 3 heterocycles. The van der Waals surface area contributed by atoms with Crippen molar-refractivity contribution >= 4 is 17.9 Å². The van der Waals surface area contributed by atoms with Crippen molar-refractivity contribution in [2.75, 3.05) is 20.3 Å². The minimum absolute atomic E-state index is 0.134. The van der Waals surface area contributed by atoms with E-state index in [1.54, 1.807) is 7.11 Å². The second-order valence-electron chi connectivity index (χ2n) is 11.8. The van der Waals surface area contributed by atoms with Crippen LogP contribution in [0.3, 0.4) is 0 Å². The topological polar surface area (TPSA) is 111 Å². The van der Waals surface area contributed by atoms with E-state index in [0.717, 1.165) is 43.2 Å². The lowest BCUT2D eigenvalue weighted by atomic mass is 9.85. The van der Waals surface area contributed by atoms with Gasteiger partial charge in [-0.2, -0.15) is 0 Å². The molecule has 4 bridgehead atoms. The molecule has 0 aliphatic carbocycles. The van der Waals surface area contributed by atoms with Gasteiger partial charge in [0.05, 0.1) is 13.2 Å². The number of carbonyl (C=O) groups excluding carboxylic acids is 3. The Morgan fingerprint density at radius 1 is 1.05 bits per heavy atom. The summed E-state index contributed by atoms with van der Waals surface area (Å²) in [4.78, 5) is 40.7. The molecule has 0 unspecified atom stereocenters. The number of hydrogen-bond donors (Lipinski definition) is 2. The van der Waals surface area contributed by atoms with Crippen LogP contribution in [-0.2, 0) is 31.1 Å². The number of aryl methyl sites for hydroxylation is 1. The van der Waals surface area contributed by atoms with Crippen LogP contribution in [0, 0.1) is 5.41 Å². The van der Waals surface area contributed by atoms with Crippen molar-refractivity contribution < 1.29 is 23.9 Å². The number of hydrogen-bond acceptors (Lipinski definition) is 5. The van der Waals surface area contributed by atoms with Crippen molar-refractivity contribution in [1.29, 1.82) is 0 Å². The molecule has 2 aromatic rings. The molecular weight excluding hydrogens is 494 g/mol. The zero-order chi connectivity index (χ0) is 28.2. The molecule has 3 atom stereocenters. The van der Waals surface area contributed by atoms with Gasteiger partial charge in [-0.25, -0.2) is 4.79 Å². The number of rotatable bonds is 2. The summed E-state index contributed by atoms with van der Waals surface area (Å²) in [6, 6.07) is 14.8. The summed E-state index contributed by atoms with van der Waals surface area (Å²) in [5.41, 5.74) is 8.70. The molecule has 0 aromatic heterocycles. The number of amides is 3. The standard InChI is InChI=1S/C31H41N3O5/c1-30(2,3)26-28(36)34-20-31(38-4,19-25(34)27(32)35)23-16-14-22(15-17-23)24-13-9-8-12-21(24)11-7-5-6-10-18-39-29(37)33-26/h8-9,12-17,25-26H,5-7,10-11,18-20H2,1-4H3,(H2,32,35)(H,33,37)/t25-,26+,31-/m0/s1. The lowest BCUT2D eigenvalue weighted by Crippen LogP contribution is -2.57. The number of methoxy groups -OCH3 is 1. The van der Waals surface area contributed by atoms with Crippen LogP contribution in [0.5, 0.6) is 0 Å².